The van der Waals surface area contributed by atoms with Gasteiger partial charge in [0.1, 0.15) is 5.75 Å². The van der Waals surface area contributed by atoms with Gasteiger partial charge in [0.2, 0.25) is 0 Å². The lowest BCUT2D eigenvalue weighted by atomic mass is 9.88. The summed E-state index contributed by atoms with van der Waals surface area (Å²) in [5.41, 5.74) is 4.79. The van der Waals surface area contributed by atoms with E-state index in [2.05, 4.69) is 29.2 Å². The molecule has 1 aromatic carbocycles. The fourth-order valence-electron chi connectivity index (χ4n) is 2.65. The van der Waals surface area contributed by atoms with Crippen LogP contribution in [0.2, 0.25) is 0 Å². The van der Waals surface area contributed by atoms with Gasteiger partial charge >= 0.3 is 0 Å². The van der Waals surface area contributed by atoms with Crippen LogP contribution in [0.15, 0.2) is 29.8 Å². The Morgan fingerprint density at radius 1 is 1.42 bits per heavy atom. The van der Waals surface area contributed by atoms with Gasteiger partial charge in [-0.2, -0.15) is 5.26 Å². The number of hydrogen-bond acceptors (Lipinski definition) is 3. The number of nitrogens with zero attached hydrogens (tertiary/aromatic N) is 2. The van der Waals surface area contributed by atoms with Crippen molar-refractivity contribution in [2.75, 3.05) is 26.7 Å². The van der Waals surface area contributed by atoms with Gasteiger partial charge in [-0.25, -0.2) is 0 Å². The molecule has 0 fully saturated rings. The maximum absolute atomic E-state index is 8.96. The Hall–Kier alpha value is -2.05. The van der Waals surface area contributed by atoms with Crippen molar-refractivity contribution in [1.82, 2.24) is 4.90 Å². The van der Waals surface area contributed by atoms with Crippen LogP contribution in [-0.2, 0) is 0 Å². The molecule has 3 nitrogen and oxygen atoms in total. The summed E-state index contributed by atoms with van der Waals surface area (Å²) in [5, 5.41) is 8.96. The minimum atomic E-state index is 0.771. The van der Waals surface area contributed by atoms with Gasteiger partial charge in [0.05, 0.1) is 13.2 Å². The number of fused-ring (bicyclic) bond motifs is 1. The molecular weight excluding hydrogens is 236 g/mol. The molecule has 0 N–H and O–H groups in total. The van der Waals surface area contributed by atoms with Gasteiger partial charge in [0.15, 0.2) is 0 Å². The molecule has 1 aliphatic heterocycles. The molecule has 0 bridgehead atoms. The van der Waals surface area contributed by atoms with Crippen molar-refractivity contribution in [1.29, 1.82) is 5.26 Å². The quantitative estimate of drug-likeness (QED) is 0.830. The van der Waals surface area contributed by atoms with Crippen LogP contribution in [0.4, 0.5) is 0 Å². The summed E-state index contributed by atoms with van der Waals surface area (Å²) in [6, 6.07) is 8.43. The van der Waals surface area contributed by atoms with E-state index in [9.17, 15) is 0 Å². The molecule has 96 valence electrons. The number of ether oxygens (including phenoxy) is 1. The van der Waals surface area contributed by atoms with E-state index < -0.39 is 0 Å². The van der Waals surface area contributed by atoms with Crippen LogP contribution in [0.1, 0.15) is 17.5 Å². The summed E-state index contributed by atoms with van der Waals surface area (Å²) >= 11 is 0. The van der Waals surface area contributed by atoms with Crippen molar-refractivity contribution in [2.45, 2.75) is 6.42 Å². The molecule has 0 spiro atoms. The Morgan fingerprint density at radius 2 is 2.32 bits per heavy atom. The van der Waals surface area contributed by atoms with Crippen LogP contribution in [0, 0.1) is 11.3 Å². The number of methoxy groups -OCH3 is 1. The zero-order valence-electron chi connectivity index (χ0n) is 11.0. The van der Waals surface area contributed by atoms with Crippen LogP contribution in [0.3, 0.4) is 0 Å². The minimum Gasteiger partial charge on any atom is -0.497 e. The minimum absolute atomic E-state index is 0.771. The van der Waals surface area contributed by atoms with Gasteiger partial charge < -0.3 is 4.74 Å². The monoisotopic (exact) mass is 252 g/mol. The van der Waals surface area contributed by atoms with E-state index in [1.807, 2.05) is 12.1 Å². The Kier molecular flexibility index (Phi) is 3.10. The lowest BCUT2D eigenvalue weighted by Crippen LogP contribution is -2.32. The lowest BCUT2D eigenvalue weighted by Gasteiger charge is -2.29. The molecule has 0 saturated heterocycles. The highest BCUT2D eigenvalue weighted by Crippen LogP contribution is 2.35. The van der Waals surface area contributed by atoms with Gasteiger partial charge in [-0.05, 0) is 41.3 Å². The fraction of sp³-hybridized carbons (Fsp3) is 0.312. The largest absolute Gasteiger partial charge is 0.497 e. The SMILES string of the molecule is COc1ccc2c(c1)C(CN1CCC=C(C#N)C1)=C2. The van der Waals surface area contributed by atoms with Gasteiger partial charge in [-0.3, -0.25) is 4.90 Å². The first-order valence-corrected chi connectivity index (χ1v) is 6.50. The summed E-state index contributed by atoms with van der Waals surface area (Å²) in [4.78, 5) is 2.33. The molecule has 0 aromatic heterocycles. The zero-order chi connectivity index (χ0) is 13.2. The van der Waals surface area contributed by atoms with Gasteiger partial charge in [0.25, 0.3) is 0 Å². The Labute approximate surface area is 113 Å². The predicted molar refractivity (Wildman–Crippen MR) is 75.6 cm³/mol. The third-order valence-corrected chi connectivity index (χ3v) is 3.70. The van der Waals surface area contributed by atoms with Gasteiger partial charge in [-0.15, -0.1) is 0 Å². The highest BCUT2D eigenvalue weighted by atomic mass is 16.5. The first-order chi connectivity index (χ1) is 9.30. The van der Waals surface area contributed by atoms with Crippen molar-refractivity contribution < 1.29 is 4.74 Å². The summed E-state index contributed by atoms with van der Waals surface area (Å²) in [6.07, 6.45) is 5.24. The zero-order valence-corrected chi connectivity index (χ0v) is 11.0. The van der Waals surface area contributed by atoms with E-state index in [1.54, 1.807) is 7.11 Å². The first kappa shape index (κ1) is 12.0. The van der Waals surface area contributed by atoms with E-state index in [-0.39, 0.29) is 0 Å². The van der Waals surface area contributed by atoms with Crippen LogP contribution in [0.25, 0.3) is 11.6 Å². The van der Waals surface area contributed by atoms with Gasteiger partial charge in [0, 0.05) is 25.2 Å². The highest BCUT2D eigenvalue weighted by Gasteiger charge is 2.21. The molecule has 1 aliphatic carbocycles. The Balaban J connectivity index is 1.69. The molecule has 0 amide bonds. The summed E-state index contributed by atoms with van der Waals surface area (Å²) in [7, 11) is 1.69. The molecule has 0 atom stereocenters. The van der Waals surface area contributed by atoms with E-state index in [4.69, 9.17) is 10.00 Å². The van der Waals surface area contributed by atoms with Gasteiger partial charge in [-0.1, -0.05) is 12.1 Å². The highest BCUT2D eigenvalue weighted by molar-refractivity contribution is 5.96. The number of nitriles is 1. The maximum Gasteiger partial charge on any atom is 0.119 e. The lowest BCUT2D eigenvalue weighted by molar-refractivity contribution is 0.329. The second kappa shape index (κ2) is 4.91. The van der Waals surface area contributed by atoms with Crippen molar-refractivity contribution in [3.8, 4) is 11.8 Å². The van der Waals surface area contributed by atoms with Crippen molar-refractivity contribution >= 4 is 11.6 Å². The molecule has 19 heavy (non-hydrogen) atoms. The van der Waals surface area contributed by atoms with Crippen LogP contribution in [-0.4, -0.2) is 31.6 Å². The average molecular weight is 252 g/mol. The number of rotatable bonds is 3. The standard InChI is InChI=1S/C16H16N2O/c1-19-15-5-4-13-7-14(16(13)8-15)11-18-6-2-3-12(9-17)10-18/h3-5,7-8H,2,6,10-11H2,1H3. The maximum atomic E-state index is 8.96. The average Bonchev–Trinajstić information content (AvgIpc) is 2.45. The molecular formula is C16H16N2O. The normalized spacial score (nSPS) is 17.7. The fourth-order valence-corrected chi connectivity index (χ4v) is 2.65. The topological polar surface area (TPSA) is 36.3 Å². The number of hydrogen-bond donors (Lipinski definition) is 0. The summed E-state index contributed by atoms with van der Waals surface area (Å²) in [5.74, 6) is 0.903. The second-order valence-electron chi connectivity index (χ2n) is 4.96. The number of benzene rings is 1. The van der Waals surface area contributed by atoms with Crippen LogP contribution >= 0.6 is 0 Å². The summed E-state index contributed by atoms with van der Waals surface area (Å²) < 4.78 is 5.26. The summed E-state index contributed by atoms with van der Waals surface area (Å²) in [6.45, 7) is 2.72. The van der Waals surface area contributed by atoms with E-state index in [1.165, 1.54) is 16.7 Å². The second-order valence-corrected chi connectivity index (χ2v) is 4.96. The molecule has 1 heterocycles. The molecule has 0 saturated carbocycles. The molecule has 3 heteroatoms. The Bertz CT molecular complexity index is 608. The van der Waals surface area contributed by atoms with Crippen molar-refractivity contribution in [2.24, 2.45) is 0 Å². The molecule has 3 rings (SSSR count). The van der Waals surface area contributed by atoms with Crippen LogP contribution < -0.4 is 4.74 Å². The molecule has 2 aliphatic rings. The molecule has 1 aromatic rings. The first-order valence-electron chi connectivity index (χ1n) is 6.50. The van der Waals surface area contributed by atoms with Crippen molar-refractivity contribution in [3.63, 3.8) is 0 Å². The van der Waals surface area contributed by atoms with Crippen LogP contribution in [0.5, 0.6) is 5.75 Å². The Morgan fingerprint density at radius 3 is 3.11 bits per heavy atom. The third kappa shape index (κ3) is 2.27. The molecule has 0 radical (unpaired) electrons. The molecule has 0 unspecified atom stereocenters. The smallest absolute Gasteiger partial charge is 0.119 e. The van der Waals surface area contributed by atoms with Crippen molar-refractivity contribution in [3.05, 3.63) is 41.0 Å². The van der Waals surface area contributed by atoms with E-state index in [0.29, 0.717) is 0 Å². The predicted octanol–water partition coefficient (Wildman–Crippen LogP) is 2.70. The third-order valence-electron chi connectivity index (χ3n) is 3.70. The van der Waals surface area contributed by atoms with E-state index >= 15 is 0 Å². The van der Waals surface area contributed by atoms with E-state index in [0.717, 1.165) is 37.4 Å².